The highest BCUT2D eigenvalue weighted by Crippen LogP contribution is 2.24. The van der Waals surface area contributed by atoms with E-state index in [4.69, 9.17) is 4.74 Å². The highest BCUT2D eigenvalue weighted by molar-refractivity contribution is 7.89. The summed E-state index contributed by atoms with van der Waals surface area (Å²) in [7, 11) is -3.80. The summed E-state index contributed by atoms with van der Waals surface area (Å²) in [6.07, 6.45) is 2.59. The van der Waals surface area contributed by atoms with Crippen LogP contribution in [0.25, 0.3) is 0 Å². The first kappa shape index (κ1) is 21.0. The third-order valence-electron chi connectivity index (χ3n) is 4.71. The van der Waals surface area contributed by atoms with Gasteiger partial charge in [0, 0.05) is 18.8 Å². The molecule has 0 radical (unpaired) electrons. The minimum atomic E-state index is -3.80. The highest BCUT2D eigenvalue weighted by atomic mass is 32.2. The molecule has 7 nitrogen and oxygen atoms in total. The Bertz CT molecular complexity index is 980. The molecule has 3 rings (SSSR count). The molecule has 1 saturated heterocycles. The van der Waals surface area contributed by atoms with Crippen LogP contribution in [0.4, 0.5) is 5.69 Å². The number of sulfonamides is 1. The van der Waals surface area contributed by atoms with Crippen molar-refractivity contribution in [1.82, 2.24) is 4.31 Å². The van der Waals surface area contributed by atoms with E-state index >= 15 is 0 Å². The number of nitrogens with one attached hydrogen (secondary N) is 1. The van der Waals surface area contributed by atoms with Gasteiger partial charge in [-0.2, -0.15) is 4.31 Å². The van der Waals surface area contributed by atoms with E-state index in [0.717, 1.165) is 24.8 Å². The zero-order chi connectivity index (χ0) is 20.9. The van der Waals surface area contributed by atoms with Gasteiger partial charge in [0.1, 0.15) is 0 Å². The van der Waals surface area contributed by atoms with Crippen LogP contribution >= 0.6 is 0 Å². The maximum Gasteiger partial charge on any atom is 0.340 e. The summed E-state index contributed by atoms with van der Waals surface area (Å²) in [5.41, 5.74) is 1.58. The van der Waals surface area contributed by atoms with E-state index in [1.165, 1.54) is 16.4 Å². The van der Waals surface area contributed by atoms with E-state index in [1.807, 2.05) is 19.1 Å². The molecule has 1 heterocycles. The van der Waals surface area contributed by atoms with E-state index in [-0.39, 0.29) is 10.5 Å². The second-order valence-electron chi connectivity index (χ2n) is 6.95. The molecule has 0 bridgehead atoms. The summed E-state index contributed by atoms with van der Waals surface area (Å²) >= 11 is 0. The van der Waals surface area contributed by atoms with Crippen LogP contribution in [-0.4, -0.2) is 44.3 Å². The Labute approximate surface area is 170 Å². The molecule has 0 spiro atoms. The average Bonchev–Trinajstić information content (AvgIpc) is 2.74. The number of hydrogen-bond acceptors (Lipinski definition) is 5. The minimum Gasteiger partial charge on any atom is -0.452 e. The molecule has 29 heavy (non-hydrogen) atoms. The minimum absolute atomic E-state index is 0.0683. The predicted molar refractivity (Wildman–Crippen MR) is 109 cm³/mol. The number of anilines is 1. The largest absolute Gasteiger partial charge is 0.452 e. The zero-order valence-electron chi connectivity index (χ0n) is 16.3. The smallest absolute Gasteiger partial charge is 0.340 e. The Kier molecular flexibility index (Phi) is 6.66. The Morgan fingerprint density at radius 3 is 2.34 bits per heavy atom. The maximum absolute atomic E-state index is 13.0. The van der Waals surface area contributed by atoms with Gasteiger partial charge in [-0.25, -0.2) is 13.2 Å². The quantitative estimate of drug-likeness (QED) is 0.731. The van der Waals surface area contributed by atoms with Crippen molar-refractivity contribution in [3.8, 4) is 0 Å². The van der Waals surface area contributed by atoms with Crippen LogP contribution in [0, 0.1) is 6.92 Å². The number of carbonyl (C=O) groups is 2. The first-order valence-electron chi connectivity index (χ1n) is 9.51. The number of aryl methyl sites for hydroxylation is 1. The summed E-state index contributed by atoms with van der Waals surface area (Å²) in [6, 6.07) is 13.1. The fourth-order valence-electron chi connectivity index (χ4n) is 3.15. The summed E-state index contributed by atoms with van der Waals surface area (Å²) in [5, 5.41) is 2.63. The molecular weight excluding hydrogens is 392 g/mol. The number of ether oxygens (including phenoxy) is 1. The van der Waals surface area contributed by atoms with Gasteiger partial charge < -0.3 is 10.1 Å². The van der Waals surface area contributed by atoms with Crippen LogP contribution in [0.15, 0.2) is 53.4 Å². The molecular formula is C21H24N2O5S. The van der Waals surface area contributed by atoms with E-state index in [0.29, 0.717) is 18.8 Å². The first-order valence-corrected chi connectivity index (χ1v) is 10.9. The Hall–Kier alpha value is -2.71. The van der Waals surface area contributed by atoms with Crippen molar-refractivity contribution in [3.05, 3.63) is 59.7 Å². The van der Waals surface area contributed by atoms with Crippen molar-refractivity contribution in [3.63, 3.8) is 0 Å². The summed E-state index contributed by atoms with van der Waals surface area (Å²) < 4.78 is 32.4. The van der Waals surface area contributed by atoms with Crippen molar-refractivity contribution in [2.75, 3.05) is 25.0 Å². The predicted octanol–water partition coefficient (Wildman–Crippen LogP) is 2.97. The van der Waals surface area contributed by atoms with Gasteiger partial charge in [0.2, 0.25) is 10.0 Å². The molecule has 0 aromatic heterocycles. The van der Waals surface area contributed by atoms with Crippen LogP contribution < -0.4 is 5.32 Å². The molecule has 0 aliphatic carbocycles. The lowest BCUT2D eigenvalue weighted by Gasteiger charge is -2.26. The molecule has 0 unspecified atom stereocenters. The number of nitrogens with zero attached hydrogens (tertiary/aromatic N) is 1. The van der Waals surface area contributed by atoms with Gasteiger partial charge in [-0.3, -0.25) is 4.79 Å². The number of esters is 1. The fraction of sp³-hybridized carbons (Fsp3) is 0.333. The standard InChI is InChI=1S/C21H24N2O5S/c1-16-9-11-17(12-10-16)22-20(24)15-28-21(25)18-7-3-4-8-19(18)29(26,27)23-13-5-2-6-14-23/h3-4,7-12H,2,5-6,13-15H2,1H3,(H,22,24). The van der Waals surface area contributed by atoms with Gasteiger partial charge in [-0.05, 0) is 44.0 Å². The van der Waals surface area contributed by atoms with Crippen LogP contribution in [0.5, 0.6) is 0 Å². The van der Waals surface area contributed by atoms with Crippen LogP contribution in [0.3, 0.4) is 0 Å². The van der Waals surface area contributed by atoms with Crippen LogP contribution in [0.1, 0.15) is 35.2 Å². The van der Waals surface area contributed by atoms with Gasteiger partial charge in [0.25, 0.3) is 5.91 Å². The molecule has 1 amide bonds. The Morgan fingerprint density at radius 2 is 1.66 bits per heavy atom. The van der Waals surface area contributed by atoms with Gasteiger partial charge in [0.05, 0.1) is 10.5 Å². The number of benzene rings is 2. The van der Waals surface area contributed by atoms with Crippen LogP contribution in [0.2, 0.25) is 0 Å². The van der Waals surface area contributed by atoms with Crippen molar-refractivity contribution < 1.29 is 22.7 Å². The van der Waals surface area contributed by atoms with Crippen molar-refractivity contribution in [2.24, 2.45) is 0 Å². The highest BCUT2D eigenvalue weighted by Gasteiger charge is 2.30. The van der Waals surface area contributed by atoms with E-state index < -0.39 is 28.5 Å². The second kappa shape index (κ2) is 9.19. The van der Waals surface area contributed by atoms with Crippen LogP contribution in [-0.2, 0) is 19.6 Å². The lowest BCUT2D eigenvalue weighted by molar-refractivity contribution is -0.119. The number of piperidine rings is 1. The van der Waals surface area contributed by atoms with Gasteiger partial charge in [-0.15, -0.1) is 0 Å². The molecule has 8 heteroatoms. The molecule has 0 saturated carbocycles. The average molecular weight is 416 g/mol. The molecule has 154 valence electrons. The molecule has 2 aromatic carbocycles. The normalized spacial score (nSPS) is 14.9. The SMILES string of the molecule is Cc1ccc(NC(=O)COC(=O)c2ccccc2S(=O)(=O)N2CCCCC2)cc1. The molecule has 1 N–H and O–H groups in total. The van der Waals surface area contributed by atoms with E-state index in [9.17, 15) is 18.0 Å². The molecule has 0 atom stereocenters. The van der Waals surface area contributed by atoms with Crippen molar-refractivity contribution >= 4 is 27.6 Å². The summed E-state index contributed by atoms with van der Waals surface area (Å²) in [6.45, 7) is 2.29. The Balaban J connectivity index is 1.68. The van der Waals surface area contributed by atoms with E-state index in [2.05, 4.69) is 5.32 Å². The maximum atomic E-state index is 13.0. The van der Waals surface area contributed by atoms with Gasteiger partial charge >= 0.3 is 5.97 Å². The summed E-state index contributed by atoms with van der Waals surface area (Å²) in [5.74, 6) is -1.35. The van der Waals surface area contributed by atoms with Crippen molar-refractivity contribution in [1.29, 1.82) is 0 Å². The molecule has 2 aromatic rings. The molecule has 1 fully saturated rings. The molecule has 1 aliphatic rings. The fourth-order valence-corrected chi connectivity index (χ4v) is 4.84. The first-order chi connectivity index (χ1) is 13.9. The van der Waals surface area contributed by atoms with E-state index in [1.54, 1.807) is 24.3 Å². The van der Waals surface area contributed by atoms with Gasteiger partial charge in [0.15, 0.2) is 6.61 Å². The van der Waals surface area contributed by atoms with Crippen molar-refractivity contribution in [2.45, 2.75) is 31.1 Å². The topological polar surface area (TPSA) is 92.8 Å². The lowest BCUT2D eigenvalue weighted by atomic mass is 10.2. The Morgan fingerprint density at radius 1 is 1.00 bits per heavy atom. The monoisotopic (exact) mass is 416 g/mol. The lowest BCUT2D eigenvalue weighted by Crippen LogP contribution is -2.36. The summed E-state index contributed by atoms with van der Waals surface area (Å²) in [4.78, 5) is 24.5. The third-order valence-corrected chi connectivity index (χ3v) is 6.67. The number of carbonyl (C=O) groups excluding carboxylic acids is 2. The zero-order valence-corrected chi connectivity index (χ0v) is 17.1. The number of amides is 1. The molecule has 1 aliphatic heterocycles. The second-order valence-corrected chi connectivity index (χ2v) is 8.86. The number of rotatable bonds is 6. The van der Waals surface area contributed by atoms with Gasteiger partial charge in [-0.1, -0.05) is 36.2 Å². The third kappa shape index (κ3) is 5.21. The number of hydrogen-bond donors (Lipinski definition) is 1.